The van der Waals surface area contributed by atoms with E-state index in [1.807, 2.05) is 24.3 Å². The summed E-state index contributed by atoms with van der Waals surface area (Å²) in [4.78, 5) is 10.8. The van der Waals surface area contributed by atoms with Crippen molar-refractivity contribution in [2.24, 2.45) is 9.98 Å². The van der Waals surface area contributed by atoms with Crippen LogP contribution in [0.4, 0.5) is 0 Å². The van der Waals surface area contributed by atoms with Gasteiger partial charge in [-0.1, -0.05) is 133 Å². The number of hydrogen-bond donors (Lipinski definition) is 1. The van der Waals surface area contributed by atoms with Gasteiger partial charge in [-0.15, -0.1) is 0 Å². The molecule has 0 radical (unpaired) electrons. The summed E-state index contributed by atoms with van der Waals surface area (Å²) in [5, 5.41) is 14.9. The summed E-state index contributed by atoms with van der Waals surface area (Å²) in [6.45, 7) is 0. The summed E-state index contributed by atoms with van der Waals surface area (Å²) in [7, 11) is 0. The number of aliphatic imine (C=N–C) groups is 2. The van der Waals surface area contributed by atoms with E-state index in [-0.39, 0.29) is 0 Å². The van der Waals surface area contributed by atoms with Gasteiger partial charge in [0.25, 0.3) is 0 Å². The summed E-state index contributed by atoms with van der Waals surface area (Å²) < 4.78 is 16.2. The molecule has 1 aliphatic rings. The molecule has 13 rings (SSSR count). The molecule has 0 bridgehead atoms. The smallest absolute Gasteiger partial charge is 0.163 e. The number of nitrogens with zero attached hydrogens (tertiary/aromatic N) is 3. The average Bonchev–Trinajstić information content (AvgIpc) is 3.98. The van der Waals surface area contributed by atoms with Crippen molar-refractivity contribution >= 4 is 98.9 Å². The number of aromatic nitrogens is 1. The molecule has 59 heavy (non-hydrogen) atoms. The van der Waals surface area contributed by atoms with Crippen molar-refractivity contribution in [3.8, 4) is 5.69 Å². The third-order valence-electron chi connectivity index (χ3n) is 12.0. The van der Waals surface area contributed by atoms with Gasteiger partial charge in [-0.3, -0.25) is 0 Å². The Balaban J connectivity index is 1.16. The normalized spacial score (nSPS) is 14.6. The number of amidine groups is 2. The predicted octanol–water partition coefficient (Wildman–Crippen LogP) is 13.4. The van der Waals surface area contributed by atoms with Crippen LogP contribution in [0.15, 0.2) is 201 Å². The quantitative estimate of drug-likeness (QED) is 0.194. The molecule has 3 aromatic heterocycles. The number of para-hydroxylation sites is 3. The molecular weight excluding hydrogens is 725 g/mol. The van der Waals surface area contributed by atoms with Crippen molar-refractivity contribution in [3.63, 3.8) is 0 Å². The van der Waals surface area contributed by atoms with E-state index < -0.39 is 6.17 Å². The largest absolute Gasteiger partial charge is 0.455 e. The Kier molecular flexibility index (Phi) is 6.69. The van der Waals surface area contributed by atoms with Gasteiger partial charge >= 0.3 is 0 Å². The lowest BCUT2D eigenvalue weighted by Crippen LogP contribution is -2.34. The second kappa shape index (κ2) is 12.3. The highest BCUT2D eigenvalue weighted by Crippen LogP contribution is 2.42. The minimum Gasteiger partial charge on any atom is -0.455 e. The van der Waals surface area contributed by atoms with E-state index in [4.69, 9.17) is 18.8 Å². The van der Waals surface area contributed by atoms with Crippen molar-refractivity contribution in [1.82, 2.24) is 9.88 Å². The third-order valence-corrected chi connectivity index (χ3v) is 12.0. The lowest BCUT2D eigenvalue weighted by molar-refractivity contribution is 0.659. The highest BCUT2D eigenvalue weighted by molar-refractivity contribution is 6.25. The Bertz CT molecular complexity index is 3770. The van der Waals surface area contributed by atoms with Gasteiger partial charge in [0, 0.05) is 37.7 Å². The number of nitrogens with one attached hydrogen (secondary N) is 1. The summed E-state index contributed by atoms with van der Waals surface area (Å²) in [5.74, 6) is 1.24. The Morgan fingerprint density at radius 2 is 1.14 bits per heavy atom. The molecule has 0 aliphatic carbocycles. The maximum Gasteiger partial charge on any atom is 0.163 e. The maximum atomic E-state index is 7.18. The van der Waals surface area contributed by atoms with E-state index in [2.05, 4.69) is 168 Å². The number of rotatable bonds is 4. The SMILES string of the molecule is c1ccc(C2N=C(c3cccc4c3oc3ccccc34)N=C(c3c(-n4c5ccccc5c5cc6ccccc6cc54)ccc4c3oc3c5ccccc5ccc43)N2)cc1. The standard InChI is InChI=1S/C53H32N4O2/c1-2-14-32(15-3-1)51-54-52(41-22-12-21-38-37-20-9-11-24-46(37)58-49(38)41)56-53(55-51)47-44(28-27-40-39-26-25-31-13-6-7-18-35(31)48(39)59-50(40)47)57-43-23-10-8-19-36(43)42-29-33-16-4-5-17-34(33)30-45(42)57/h1-30,51H,(H,54,55,56). The molecule has 1 N–H and O–H groups in total. The van der Waals surface area contributed by atoms with Crippen LogP contribution in [0.2, 0.25) is 0 Å². The van der Waals surface area contributed by atoms with Crippen molar-refractivity contribution in [3.05, 3.63) is 199 Å². The minimum absolute atomic E-state index is 0.450. The second-order valence-electron chi connectivity index (χ2n) is 15.3. The summed E-state index contributed by atoms with van der Waals surface area (Å²) >= 11 is 0. The summed E-state index contributed by atoms with van der Waals surface area (Å²) in [6.07, 6.45) is -0.450. The number of fused-ring (bicyclic) bond motifs is 12. The van der Waals surface area contributed by atoms with Crippen LogP contribution in [0, 0.1) is 0 Å². The van der Waals surface area contributed by atoms with Gasteiger partial charge in [-0.25, -0.2) is 9.98 Å². The topological polar surface area (TPSA) is 68.0 Å². The molecule has 1 unspecified atom stereocenters. The first-order valence-electron chi connectivity index (χ1n) is 19.9. The number of furan rings is 2. The van der Waals surface area contributed by atoms with E-state index in [1.54, 1.807) is 0 Å². The molecule has 0 spiro atoms. The molecule has 6 heteroatoms. The van der Waals surface area contributed by atoms with E-state index in [0.717, 1.165) is 88.1 Å². The van der Waals surface area contributed by atoms with Crippen LogP contribution in [-0.4, -0.2) is 16.2 Å². The second-order valence-corrected chi connectivity index (χ2v) is 15.3. The van der Waals surface area contributed by atoms with Crippen molar-refractivity contribution in [1.29, 1.82) is 0 Å². The minimum atomic E-state index is -0.450. The van der Waals surface area contributed by atoms with E-state index in [0.29, 0.717) is 11.7 Å². The van der Waals surface area contributed by atoms with Gasteiger partial charge in [0.1, 0.15) is 34.3 Å². The molecule has 6 nitrogen and oxygen atoms in total. The van der Waals surface area contributed by atoms with Crippen molar-refractivity contribution < 1.29 is 8.83 Å². The van der Waals surface area contributed by atoms with Crippen molar-refractivity contribution in [2.45, 2.75) is 6.17 Å². The molecule has 1 aliphatic heterocycles. The number of benzene rings is 9. The molecule has 9 aromatic carbocycles. The lowest BCUT2D eigenvalue weighted by Gasteiger charge is -2.25. The van der Waals surface area contributed by atoms with Gasteiger partial charge in [0.05, 0.1) is 27.8 Å². The predicted molar refractivity (Wildman–Crippen MR) is 242 cm³/mol. The zero-order chi connectivity index (χ0) is 38.6. The van der Waals surface area contributed by atoms with Crippen LogP contribution in [0.25, 0.3) is 92.9 Å². The van der Waals surface area contributed by atoms with Crippen LogP contribution >= 0.6 is 0 Å². The van der Waals surface area contributed by atoms with Crippen LogP contribution in [-0.2, 0) is 0 Å². The molecule has 12 aromatic rings. The van der Waals surface area contributed by atoms with Crippen LogP contribution in [0.1, 0.15) is 22.9 Å². The Hall–Kier alpha value is -7.96. The van der Waals surface area contributed by atoms with E-state index in [1.165, 1.54) is 21.5 Å². The van der Waals surface area contributed by atoms with Gasteiger partial charge in [0.15, 0.2) is 5.84 Å². The molecule has 276 valence electrons. The Morgan fingerprint density at radius 3 is 2.02 bits per heavy atom. The third kappa shape index (κ3) is 4.74. The molecule has 4 heterocycles. The highest BCUT2D eigenvalue weighted by Gasteiger charge is 2.29. The molecule has 0 saturated carbocycles. The van der Waals surface area contributed by atoms with Crippen molar-refractivity contribution in [2.75, 3.05) is 0 Å². The fourth-order valence-corrected chi connectivity index (χ4v) is 9.31. The first-order chi connectivity index (χ1) is 29.2. The first-order valence-corrected chi connectivity index (χ1v) is 19.9. The van der Waals surface area contributed by atoms with Crippen LogP contribution < -0.4 is 5.32 Å². The molecule has 0 amide bonds. The monoisotopic (exact) mass is 756 g/mol. The zero-order valence-corrected chi connectivity index (χ0v) is 31.6. The fourth-order valence-electron chi connectivity index (χ4n) is 9.31. The van der Waals surface area contributed by atoms with Gasteiger partial charge in [0.2, 0.25) is 0 Å². The first kappa shape index (κ1) is 32.2. The highest BCUT2D eigenvalue weighted by atomic mass is 16.3. The summed E-state index contributed by atoms with van der Waals surface area (Å²) in [5.41, 5.74) is 9.02. The van der Waals surface area contributed by atoms with Gasteiger partial charge in [-0.2, -0.15) is 0 Å². The van der Waals surface area contributed by atoms with E-state index >= 15 is 0 Å². The Labute approximate surface area is 336 Å². The Morgan fingerprint density at radius 1 is 0.458 bits per heavy atom. The molecule has 0 fully saturated rings. The molecule has 0 saturated heterocycles. The average molecular weight is 757 g/mol. The molecular formula is C53H32N4O2. The van der Waals surface area contributed by atoms with Gasteiger partial charge < -0.3 is 18.7 Å². The number of hydrogen-bond acceptors (Lipinski definition) is 5. The lowest BCUT2D eigenvalue weighted by atomic mass is 10.0. The van der Waals surface area contributed by atoms with E-state index in [9.17, 15) is 0 Å². The van der Waals surface area contributed by atoms with Crippen LogP contribution in [0.5, 0.6) is 0 Å². The summed E-state index contributed by atoms with van der Waals surface area (Å²) in [6, 6.07) is 63.8. The zero-order valence-electron chi connectivity index (χ0n) is 31.6. The van der Waals surface area contributed by atoms with Crippen LogP contribution in [0.3, 0.4) is 0 Å². The maximum absolute atomic E-state index is 7.18. The fraction of sp³-hybridized carbons (Fsp3) is 0.0189. The van der Waals surface area contributed by atoms with Gasteiger partial charge in [-0.05, 0) is 70.3 Å². The molecule has 1 atom stereocenters.